The van der Waals surface area contributed by atoms with Crippen molar-refractivity contribution in [1.29, 1.82) is 0 Å². The molecule has 0 unspecified atom stereocenters. The third-order valence-electron chi connectivity index (χ3n) is 2.83. The maximum absolute atomic E-state index is 12.6. The lowest BCUT2D eigenvalue weighted by atomic mass is 10.1. The van der Waals surface area contributed by atoms with Gasteiger partial charge in [0.1, 0.15) is 11.5 Å². The van der Waals surface area contributed by atoms with Gasteiger partial charge in [0, 0.05) is 0 Å². The molecule has 2 rings (SSSR count). The summed E-state index contributed by atoms with van der Waals surface area (Å²) in [5, 5.41) is 0. The average Bonchev–Trinajstić information content (AvgIpc) is 2.39. The zero-order valence-electron chi connectivity index (χ0n) is 11.1. The molecular formula is C16H15F3O. The topological polar surface area (TPSA) is 9.23 Å². The van der Waals surface area contributed by atoms with E-state index in [9.17, 15) is 13.2 Å². The van der Waals surface area contributed by atoms with Crippen LogP contribution in [0.2, 0.25) is 0 Å². The Morgan fingerprint density at radius 2 is 1.60 bits per heavy atom. The highest BCUT2D eigenvalue weighted by Crippen LogP contribution is 2.32. The fourth-order valence-corrected chi connectivity index (χ4v) is 1.93. The molecule has 20 heavy (non-hydrogen) atoms. The van der Waals surface area contributed by atoms with Crippen LogP contribution in [0.4, 0.5) is 13.2 Å². The molecule has 0 amide bonds. The van der Waals surface area contributed by atoms with Crippen LogP contribution in [0.3, 0.4) is 0 Å². The molecule has 0 spiro atoms. The van der Waals surface area contributed by atoms with Crippen molar-refractivity contribution in [3.63, 3.8) is 0 Å². The fourth-order valence-electron chi connectivity index (χ4n) is 1.93. The largest absolute Gasteiger partial charge is 0.457 e. The van der Waals surface area contributed by atoms with Gasteiger partial charge in [0.2, 0.25) is 0 Å². The second kappa shape index (κ2) is 5.99. The Morgan fingerprint density at radius 3 is 2.25 bits per heavy atom. The predicted octanol–water partition coefficient (Wildman–Crippen LogP) is 5.45. The molecule has 0 saturated heterocycles. The number of hydrogen-bond donors (Lipinski definition) is 0. The zero-order valence-corrected chi connectivity index (χ0v) is 11.1. The van der Waals surface area contributed by atoms with Gasteiger partial charge in [-0.05, 0) is 42.3 Å². The predicted molar refractivity (Wildman–Crippen MR) is 72.0 cm³/mol. The molecule has 0 heterocycles. The van der Waals surface area contributed by atoms with Crippen molar-refractivity contribution in [2.75, 3.05) is 0 Å². The van der Waals surface area contributed by atoms with E-state index in [0.29, 0.717) is 5.75 Å². The minimum Gasteiger partial charge on any atom is -0.457 e. The summed E-state index contributed by atoms with van der Waals surface area (Å²) in [6.45, 7) is 2.07. The highest BCUT2D eigenvalue weighted by Gasteiger charge is 2.30. The summed E-state index contributed by atoms with van der Waals surface area (Å²) in [7, 11) is 0. The first-order valence-electron chi connectivity index (χ1n) is 6.43. The Kier molecular flexibility index (Phi) is 4.32. The summed E-state index contributed by atoms with van der Waals surface area (Å²) in [6, 6.07) is 12.3. The molecule has 0 fully saturated rings. The highest BCUT2D eigenvalue weighted by atomic mass is 19.4. The second-order valence-corrected chi connectivity index (χ2v) is 4.53. The molecule has 0 aliphatic rings. The van der Waals surface area contributed by atoms with Crippen molar-refractivity contribution in [1.82, 2.24) is 0 Å². The summed E-state index contributed by atoms with van der Waals surface area (Å²) < 4.78 is 43.3. The van der Waals surface area contributed by atoms with Crippen LogP contribution in [0.25, 0.3) is 0 Å². The molecule has 0 aliphatic heterocycles. The second-order valence-electron chi connectivity index (χ2n) is 4.53. The molecule has 0 N–H and O–H groups in total. The van der Waals surface area contributed by atoms with Crippen molar-refractivity contribution in [3.8, 4) is 11.5 Å². The highest BCUT2D eigenvalue weighted by molar-refractivity contribution is 5.36. The number of alkyl halides is 3. The number of ether oxygens (including phenoxy) is 1. The van der Waals surface area contributed by atoms with E-state index < -0.39 is 11.7 Å². The van der Waals surface area contributed by atoms with Gasteiger partial charge in [-0.25, -0.2) is 0 Å². The van der Waals surface area contributed by atoms with Gasteiger partial charge in [-0.1, -0.05) is 31.5 Å². The molecule has 106 valence electrons. The molecule has 2 aromatic carbocycles. The Labute approximate surface area is 116 Å². The van der Waals surface area contributed by atoms with Crippen LogP contribution >= 0.6 is 0 Å². The first-order chi connectivity index (χ1) is 9.49. The zero-order chi connectivity index (χ0) is 14.6. The van der Waals surface area contributed by atoms with Gasteiger partial charge in [0.25, 0.3) is 0 Å². The Morgan fingerprint density at radius 1 is 0.950 bits per heavy atom. The van der Waals surface area contributed by atoms with Gasteiger partial charge in [0.05, 0.1) is 5.56 Å². The van der Waals surface area contributed by atoms with E-state index in [1.807, 2.05) is 18.2 Å². The first kappa shape index (κ1) is 14.4. The molecule has 0 radical (unpaired) electrons. The van der Waals surface area contributed by atoms with E-state index in [1.54, 1.807) is 6.07 Å². The van der Waals surface area contributed by atoms with Crippen molar-refractivity contribution in [2.24, 2.45) is 0 Å². The minimum absolute atomic E-state index is 0.188. The molecule has 1 nitrogen and oxygen atoms in total. The molecule has 2 aromatic rings. The van der Waals surface area contributed by atoms with E-state index in [4.69, 9.17) is 4.74 Å². The van der Waals surface area contributed by atoms with Crippen molar-refractivity contribution >= 4 is 0 Å². The molecule has 4 heteroatoms. The van der Waals surface area contributed by atoms with Crippen LogP contribution in [0, 0.1) is 0 Å². The lowest BCUT2D eigenvalue weighted by Gasteiger charge is -2.10. The van der Waals surface area contributed by atoms with Crippen molar-refractivity contribution < 1.29 is 17.9 Å². The fraction of sp³-hybridized carbons (Fsp3) is 0.250. The number of rotatable bonds is 4. The average molecular weight is 280 g/mol. The maximum Gasteiger partial charge on any atom is 0.416 e. The Hall–Kier alpha value is -1.97. The lowest BCUT2D eigenvalue weighted by molar-refractivity contribution is -0.137. The number of halogens is 3. The molecule has 0 aliphatic carbocycles. The van der Waals surface area contributed by atoms with Gasteiger partial charge in [-0.2, -0.15) is 13.2 Å². The molecular weight excluding hydrogens is 265 g/mol. The lowest BCUT2D eigenvalue weighted by Crippen LogP contribution is -2.04. The van der Waals surface area contributed by atoms with Gasteiger partial charge >= 0.3 is 6.18 Å². The van der Waals surface area contributed by atoms with Gasteiger partial charge in [0.15, 0.2) is 0 Å². The van der Waals surface area contributed by atoms with E-state index in [1.165, 1.54) is 12.1 Å². The van der Waals surface area contributed by atoms with Crippen LogP contribution in [-0.4, -0.2) is 0 Å². The third-order valence-corrected chi connectivity index (χ3v) is 2.83. The summed E-state index contributed by atoms with van der Waals surface area (Å²) in [5.74, 6) is 0.740. The smallest absolute Gasteiger partial charge is 0.416 e. The monoisotopic (exact) mass is 280 g/mol. The Balaban J connectivity index is 2.19. The summed E-state index contributed by atoms with van der Waals surface area (Å²) >= 11 is 0. The van der Waals surface area contributed by atoms with Crippen molar-refractivity contribution in [3.05, 3.63) is 59.7 Å². The van der Waals surface area contributed by atoms with E-state index in [-0.39, 0.29) is 5.75 Å². The van der Waals surface area contributed by atoms with Gasteiger partial charge in [-0.3, -0.25) is 0 Å². The quantitative estimate of drug-likeness (QED) is 0.723. The standard InChI is InChI=1S/C16H15F3O/c1-2-5-12-6-3-8-14(10-12)20-15-9-4-7-13(11-15)16(17,18)19/h3-4,6-11H,2,5H2,1H3. The van der Waals surface area contributed by atoms with Crippen LogP contribution in [0.15, 0.2) is 48.5 Å². The minimum atomic E-state index is -4.36. The van der Waals surface area contributed by atoms with Gasteiger partial charge in [-0.15, -0.1) is 0 Å². The maximum atomic E-state index is 12.6. The molecule has 0 bridgehead atoms. The van der Waals surface area contributed by atoms with Crippen LogP contribution in [-0.2, 0) is 12.6 Å². The van der Waals surface area contributed by atoms with Gasteiger partial charge < -0.3 is 4.74 Å². The van der Waals surface area contributed by atoms with Crippen LogP contribution in [0.5, 0.6) is 11.5 Å². The molecule has 0 aromatic heterocycles. The van der Waals surface area contributed by atoms with E-state index in [2.05, 4.69) is 6.92 Å². The van der Waals surface area contributed by atoms with Crippen molar-refractivity contribution in [2.45, 2.75) is 25.9 Å². The number of hydrogen-bond acceptors (Lipinski definition) is 1. The van der Waals surface area contributed by atoms with E-state index >= 15 is 0 Å². The molecule has 0 atom stereocenters. The third kappa shape index (κ3) is 3.76. The molecule has 0 saturated carbocycles. The van der Waals surface area contributed by atoms with Crippen LogP contribution < -0.4 is 4.74 Å². The normalized spacial score (nSPS) is 11.4. The number of benzene rings is 2. The summed E-state index contributed by atoms with van der Waals surface area (Å²) in [6.07, 6.45) is -2.43. The summed E-state index contributed by atoms with van der Waals surface area (Å²) in [5.41, 5.74) is 0.400. The number of aryl methyl sites for hydroxylation is 1. The Bertz CT molecular complexity index is 576. The van der Waals surface area contributed by atoms with E-state index in [0.717, 1.165) is 30.5 Å². The summed E-state index contributed by atoms with van der Waals surface area (Å²) in [4.78, 5) is 0. The SMILES string of the molecule is CCCc1cccc(Oc2cccc(C(F)(F)F)c2)c1. The van der Waals surface area contributed by atoms with Crippen LogP contribution in [0.1, 0.15) is 24.5 Å². The first-order valence-corrected chi connectivity index (χ1v) is 6.43.